The summed E-state index contributed by atoms with van der Waals surface area (Å²) in [4.78, 5) is 32.3. The number of thiazole rings is 1. The fourth-order valence-corrected chi connectivity index (χ4v) is 4.98. The molecule has 1 saturated heterocycles. The fourth-order valence-electron chi connectivity index (χ4n) is 3.80. The summed E-state index contributed by atoms with van der Waals surface area (Å²) < 4.78 is 16.7. The maximum Gasteiger partial charge on any atom is 0.410 e. The zero-order valence-corrected chi connectivity index (χ0v) is 21.3. The van der Waals surface area contributed by atoms with Crippen molar-refractivity contribution in [3.05, 3.63) is 65.3 Å². The van der Waals surface area contributed by atoms with Gasteiger partial charge in [-0.25, -0.2) is 14.6 Å². The highest BCUT2D eigenvalue weighted by Crippen LogP contribution is 2.38. The molecular weight excluding hydrogens is 464 g/mol. The largest absolute Gasteiger partial charge is 0.461 e. The monoisotopic (exact) mass is 494 g/mol. The lowest BCUT2D eigenvalue weighted by Gasteiger charge is -2.24. The molecule has 4 rings (SSSR count). The molecule has 0 radical (unpaired) electrons. The van der Waals surface area contributed by atoms with E-state index < -0.39 is 11.6 Å². The van der Waals surface area contributed by atoms with Crippen LogP contribution >= 0.6 is 11.3 Å². The molecule has 1 fully saturated rings. The van der Waals surface area contributed by atoms with Crippen molar-refractivity contribution in [2.45, 2.75) is 45.6 Å². The molecule has 2 aromatic carbocycles. The van der Waals surface area contributed by atoms with Gasteiger partial charge in [-0.15, -0.1) is 11.3 Å². The summed E-state index contributed by atoms with van der Waals surface area (Å²) in [5.74, 6) is 1.04. The van der Waals surface area contributed by atoms with Gasteiger partial charge in [0.1, 0.15) is 17.1 Å². The van der Waals surface area contributed by atoms with Gasteiger partial charge < -0.3 is 19.1 Å². The number of rotatable bonds is 6. The molecule has 3 aromatic rings. The highest BCUT2D eigenvalue weighted by atomic mass is 32.1. The number of ether oxygens (including phenoxy) is 3. The van der Waals surface area contributed by atoms with E-state index in [4.69, 9.17) is 14.2 Å². The summed E-state index contributed by atoms with van der Waals surface area (Å²) in [5, 5.41) is 0.818. The van der Waals surface area contributed by atoms with Gasteiger partial charge in [-0.3, -0.25) is 0 Å². The Kier molecular flexibility index (Phi) is 7.40. The molecule has 2 heterocycles. The topological polar surface area (TPSA) is 78.0 Å². The van der Waals surface area contributed by atoms with Crippen LogP contribution in [0, 0.1) is 0 Å². The number of hydrogen-bond donors (Lipinski definition) is 0. The number of aromatic nitrogens is 1. The van der Waals surface area contributed by atoms with Crippen molar-refractivity contribution in [3.63, 3.8) is 0 Å². The van der Waals surface area contributed by atoms with E-state index in [9.17, 15) is 9.59 Å². The first-order chi connectivity index (χ1) is 16.7. The highest BCUT2D eigenvalue weighted by Gasteiger charge is 2.33. The highest BCUT2D eigenvalue weighted by molar-refractivity contribution is 7.15. The van der Waals surface area contributed by atoms with Crippen LogP contribution in [0.2, 0.25) is 0 Å². The molecule has 0 aliphatic carbocycles. The van der Waals surface area contributed by atoms with Gasteiger partial charge in [-0.05, 0) is 76.1 Å². The second-order valence-corrected chi connectivity index (χ2v) is 10.3. The molecule has 0 spiro atoms. The molecule has 1 unspecified atom stereocenters. The minimum Gasteiger partial charge on any atom is -0.461 e. The van der Waals surface area contributed by atoms with Gasteiger partial charge in [0, 0.05) is 19.0 Å². The molecule has 1 aromatic heterocycles. The molecule has 0 N–H and O–H groups in total. The first-order valence-electron chi connectivity index (χ1n) is 11.7. The van der Waals surface area contributed by atoms with Crippen molar-refractivity contribution < 1.29 is 23.8 Å². The Labute approximate surface area is 209 Å². The van der Waals surface area contributed by atoms with Crippen LogP contribution in [0.4, 0.5) is 4.79 Å². The van der Waals surface area contributed by atoms with E-state index in [2.05, 4.69) is 4.98 Å². The fraction of sp³-hybridized carbons (Fsp3) is 0.370. The lowest BCUT2D eigenvalue weighted by molar-refractivity contribution is 0.0292. The van der Waals surface area contributed by atoms with Crippen LogP contribution in [-0.4, -0.2) is 47.2 Å². The number of carbonyl (C=O) groups is 2. The second-order valence-electron chi connectivity index (χ2n) is 9.30. The number of hydrogen-bond acceptors (Lipinski definition) is 7. The minimum atomic E-state index is -0.545. The maximum atomic E-state index is 12.7. The number of benzene rings is 2. The molecule has 1 aliphatic heterocycles. The summed E-state index contributed by atoms with van der Waals surface area (Å²) in [6.07, 6.45) is 0.439. The van der Waals surface area contributed by atoms with Crippen molar-refractivity contribution >= 4 is 23.4 Å². The molecule has 1 amide bonds. The number of amides is 1. The van der Waals surface area contributed by atoms with Crippen LogP contribution in [0.5, 0.6) is 11.5 Å². The SMILES string of the molecule is CCOC(=O)c1nc(C2CCN(C(=O)OC(C)(C)C)C2)sc1-c1ccc(Oc2ccccc2)cc1. The van der Waals surface area contributed by atoms with Crippen molar-refractivity contribution in [1.29, 1.82) is 0 Å². The van der Waals surface area contributed by atoms with Gasteiger partial charge in [0.15, 0.2) is 5.69 Å². The normalized spacial score (nSPS) is 15.7. The zero-order valence-electron chi connectivity index (χ0n) is 20.4. The average Bonchev–Trinajstić information content (AvgIpc) is 3.47. The third-order valence-corrected chi connectivity index (χ3v) is 6.66. The molecule has 0 saturated carbocycles. The van der Waals surface area contributed by atoms with Crippen LogP contribution in [0.25, 0.3) is 10.4 Å². The molecule has 184 valence electrons. The number of esters is 1. The van der Waals surface area contributed by atoms with E-state index in [1.165, 1.54) is 11.3 Å². The molecule has 0 bridgehead atoms. The van der Waals surface area contributed by atoms with E-state index in [1.54, 1.807) is 11.8 Å². The Bertz CT molecular complexity index is 1170. The smallest absolute Gasteiger partial charge is 0.410 e. The molecule has 1 atom stereocenters. The first kappa shape index (κ1) is 24.7. The summed E-state index contributed by atoms with van der Waals surface area (Å²) >= 11 is 1.47. The van der Waals surface area contributed by atoms with E-state index >= 15 is 0 Å². The molecular formula is C27H30N2O5S. The summed E-state index contributed by atoms with van der Waals surface area (Å²) in [6.45, 7) is 8.71. The standard InChI is InChI=1S/C27H30N2O5S/c1-5-32-25(30)22-23(18-11-13-21(14-12-18)33-20-9-7-6-8-10-20)35-24(28-22)19-15-16-29(17-19)26(31)34-27(2,3)4/h6-14,19H,5,15-17H2,1-4H3. The number of nitrogens with zero attached hydrogens (tertiary/aromatic N) is 2. The summed E-state index contributed by atoms with van der Waals surface area (Å²) in [7, 11) is 0. The van der Waals surface area contributed by atoms with Crippen LogP contribution < -0.4 is 4.74 Å². The van der Waals surface area contributed by atoms with Gasteiger partial charge in [0.2, 0.25) is 0 Å². The molecule has 1 aliphatic rings. The third kappa shape index (κ3) is 6.19. The van der Waals surface area contributed by atoms with Gasteiger partial charge in [-0.1, -0.05) is 18.2 Å². The Morgan fingerprint density at radius 1 is 1.06 bits per heavy atom. The first-order valence-corrected chi connectivity index (χ1v) is 12.5. The van der Waals surface area contributed by atoms with Gasteiger partial charge in [0.25, 0.3) is 0 Å². The zero-order chi connectivity index (χ0) is 25.0. The van der Waals surface area contributed by atoms with Crippen molar-refractivity contribution in [3.8, 4) is 21.9 Å². The predicted octanol–water partition coefficient (Wildman–Crippen LogP) is 6.50. The van der Waals surface area contributed by atoms with Crippen LogP contribution in [0.1, 0.15) is 55.5 Å². The van der Waals surface area contributed by atoms with Gasteiger partial charge in [0.05, 0.1) is 16.5 Å². The number of para-hydroxylation sites is 1. The average molecular weight is 495 g/mol. The predicted molar refractivity (Wildman–Crippen MR) is 135 cm³/mol. The van der Waals surface area contributed by atoms with Crippen LogP contribution in [0.3, 0.4) is 0 Å². The summed E-state index contributed by atoms with van der Waals surface area (Å²) in [6, 6.07) is 17.1. The van der Waals surface area contributed by atoms with Crippen molar-refractivity contribution in [1.82, 2.24) is 9.88 Å². The lowest BCUT2D eigenvalue weighted by atomic mass is 10.1. The number of carbonyl (C=O) groups excluding carboxylic acids is 2. The van der Waals surface area contributed by atoms with Crippen LogP contribution in [0.15, 0.2) is 54.6 Å². The van der Waals surface area contributed by atoms with Gasteiger partial charge in [-0.2, -0.15) is 0 Å². The molecule has 35 heavy (non-hydrogen) atoms. The third-order valence-electron chi connectivity index (χ3n) is 5.40. The van der Waals surface area contributed by atoms with E-state index in [-0.39, 0.29) is 18.6 Å². The quantitative estimate of drug-likeness (QED) is 0.364. The van der Waals surface area contributed by atoms with E-state index in [1.807, 2.05) is 75.4 Å². The number of likely N-dealkylation sites (tertiary alicyclic amines) is 1. The minimum absolute atomic E-state index is 0.0372. The summed E-state index contributed by atoms with van der Waals surface area (Å²) in [5.41, 5.74) is 0.621. The molecule has 7 nitrogen and oxygen atoms in total. The van der Waals surface area contributed by atoms with Crippen molar-refractivity contribution in [2.24, 2.45) is 0 Å². The Morgan fingerprint density at radius 2 is 1.74 bits per heavy atom. The van der Waals surface area contributed by atoms with Gasteiger partial charge >= 0.3 is 12.1 Å². The van der Waals surface area contributed by atoms with E-state index in [0.29, 0.717) is 24.5 Å². The second kappa shape index (κ2) is 10.5. The Morgan fingerprint density at radius 3 is 2.40 bits per heavy atom. The van der Waals surface area contributed by atoms with E-state index in [0.717, 1.165) is 27.6 Å². The van der Waals surface area contributed by atoms with Crippen molar-refractivity contribution in [2.75, 3.05) is 19.7 Å². The Balaban J connectivity index is 1.55. The lowest BCUT2D eigenvalue weighted by Crippen LogP contribution is -2.35. The Hall–Kier alpha value is -3.39. The van der Waals surface area contributed by atoms with Crippen LogP contribution in [-0.2, 0) is 9.47 Å². The molecule has 8 heteroatoms. The maximum absolute atomic E-state index is 12.7.